The van der Waals surface area contributed by atoms with Crippen LogP contribution in [0.4, 0.5) is 13.2 Å². The van der Waals surface area contributed by atoms with Crippen LogP contribution in [0.25, 0.3) is 11.1 Å². The summed E-state index contributed by atoms with van der Waals surface area (Å²) in [4.78, 5) is 28.0. The number of hydrogen-bond donors (Lipinski definition) is 2. The fraction of sp³-hybridized carbons (Fsp3) is 0.320. The number of fused-ring (bicyclic) bond motifs is 1. The molecule has 0 fully saturated rings. The van der Waals surface area contributed by atoms with Crippen molar-refractivity contribution in [1.29, 1.82) is 0 Å². The van der Waals surface area contributed by atoms with Gasteiger partial charge in [-0.15, -0.1) is 0 Å². The molecule has 35 heavy (non-hydrogen) atoms. The Morgan fingerprint density at radius 3 is 2.26 bits per heavy atom. The summed E-state index contributed by atoms with van der Waals surface area (Å²) in [6.07, 6.45) is -2.04. The maximum absolute atomic E-state index is 12.8. The number of aliphatic carboxylic acids is 1. The third kappa shape index (κ3) is 6.69. The molecular formula is C25H27F3N4O3. The van der Waals surface area contributed by atoms with Crippen molar-refractivity contribution in [3.05, 3.63) is 77.9 Å². The fourth-order valence-corrected chi connectivity index (χ4v) is 3.84. The van der Waals surface area contributed by atoms with E-state index >= 15 is 0 Å². The summed E-state index contributed by atoms with van der Waals surface area (Å²) in [5.41, 5.74) is 11.9. The van der Waals surface area contributed by atoms with Crippen molar-refractivity contribution in [3.63, 3.8) is 0 Å². The number of hydrogen-bond acceptors (Lipinski definition) is 4. The number of rotatable bonds is 5. The van der Waals surface area contributed by atoms with Gasteiger partial charge in [0.05, 0.1) is 18.6 Å². The van der Waals surface area contributed by atoms with Gasteiger partial charge in [0, 0.05) is 37.7 Å². The average Bonchev–Trinajstić information content (AvgIpc) is 3.27. The molecule has 0 aliphatic carbocycles. The van der Waals surface area contributed by atoms with Crippen molar-refractivity contribution in [2.75, 3.05) is 6.54 Å². The van der Waals surface area contributed by atoms with Gasteiger partial charge in [0.25, 0.3) is 0 Å². The zero-order chi connectivity index (χ0) is 25.6. The summed E-state index contributed by atoms with van der Waals surface area (Å²) in [5.74, 6) is -2.66. The van der Waals surface area contributed by atoms with Gasteiger partial charge in [-0.3, -0.25) is 4.79 Å². The van der Waals surface area contributed by atoms with Gasteiger partial charge < -0.3 is 20.3 Å². The van der Waals surface area contributed by atoms with E-state index < -0.39 is 12.1 Å². The van der Waals surface area contributed by atoms with Gasteiger partial charge >= 0.3 is 12.1 Å². The number of aromatic nitrogens is 2. The van der Waals surface area contributed by atoms with Crippen LogP contribution in [0.2, 0.25) is 0 Å². The average molecular weight is 489 g/mol. The van der Waals surface area contributed by atoms with E-state index in [-0.39, 0.29) is 11.9 Å². The highest BCUT2D eigenvalue weighted by Gasteiger charge is 2.38. The molecule has 0 unspecified atom stereocenters. The lowest BCUT2D eigenvalue weighted by atomic mass is 9.99. The normalized spacial score (nSPS) is 13.9. The Bertz CT molecular complexity index is 1150. The zero-order valence-electron chi connectivity index (χ0n) is 19.2. The molecule has 1 amide bonds. The highest BCUT2D eigenvalue weighted by molar-refractivity contribution is 5.77. The van der Waals surface area contributed by atoms with Crippen molar-refractivity contribution < 1.29 is 27.9 Å². The van der Waals surface area contributed by atoms with Crippen LogP contribution in [0.15, 0.2) is 60.9 Å². The second-order valence-electron chi connectivity index (χ2n) is 8.09. The van der Waals surface area contributed by atoms with Crippen LogP contribution in [0.1, 0.15) is 36.3 Å². The number of nitrogens with two attached hydrogens (primary N) is 1. The Labute approximate surface area is 201 Å². The van der Waals surface area contributed by atoms with E-state index in [1.54, 1.807) is 0 Å². The summed E-state index contributed by atoms with van der Waals surface area (Å²) in [5, 5.41) is 7.12. The minimum atomic E-state index is -5.08. The smallest absolute Gasteiger partial charge is 0.475 e. The molecule has 1 aromatic heterocycles. The first-order valence-corrected chi connectivity index (χ1v) is 11.1. The maximum atomic E-state index is 12.8. The van der Waals surface area contributed by atoms with Crippen LogP contribution in [0.3, 0.4) is 0 Å². The van der Waals surface area contributed by atoms with E-state index in [2.05, 4.69) is 40.7 Å². The number of carbonyl (C=O) groups is 2. The predicted molar refractivity (Wildman–Crippen MR) is 124 cm³/mol. The number of carboxylic acids is 1. The number of carbonyl (C=O) groups excluding carboxylic acids is 1. The molecule has 0 saturated carbocycles. The first-order chi connectivity index (χ1) is 16.6. The molecular weight excluding hydrogens is 461 g/mol. The summed E-state index contributed by atoms with van der Waals surface area (Å²) < 4.78 is 33.9. The zero-order valence-corrected chi connectivity index (χ0v) is 19.2. The van der Waals surface area contributed by atoms with Crippen molar-refractivity contribution >= 4 is 11.9 Å². The minimum absolute atomic E-state index is 0.0938. The number of nitrogens with zero attached hydrogens (tertiary/aromatic N) is 3. The number of imidazole rings is 1. The lowest BCUT2D eigenvalue weighted by Crippen LogP contribution is -2.38. The predicted octanol–water partition coefficient (Wildman–Crippen LogP) is 4.18. The Morgan fingerprint density at radius 2 is 1.69 bits per heavy atom. The molecule has 1 aliphatic heterocycles. The summed E-state index contributed by atoms with van der Waals surface area (Å²) >= 11 is 0. The van der Waals surface area contributed by atoms with Gasteiger partial charge in [-0.1, -0.05) is 54.6 Å². The van der Waals surface area contributed by atoms with Gasteiger partial charge in [-0.2, -0.15) is 13.2 Å². The Balaban J connectivity index is 0.000000429. The van der Waals surface area contributed by atoms with E-state index in [0.717, 1.165) is 36.3 Å². The van der Waals surface area contributed by atoms with E-state index in [4.69, 9.17) is 15.6 Å². The highest BCUT2D eigenvalue weighted by atomic mass is 19.4. The number of carboxylic acid groups (broad SMARTS) is 1. The van der Waals surface area contributed by atoms with Crippen LogP contribution < -0.4 is 5.73 Å². The summed E-state index contributed by atoms with van der Waals surface area (Å²) in [6.45, 7) is 4.35. The SMILES string of the molecule is CCn1cnc2c1CCN(C(=O)C[C@@H](N)c1ccc(-c3ccccc3)cc1)C2.O=C(O)C(F)(F)F. The van der Waals surface area contributed by atoms with Crippen molar-refractivity contribution in [3.8, 4) is 11.1 Å². The molecule has 0 spiro atoms. The second kappa shape index (κ2) is 11.2. The third-order valence-electron chi connectivity index (χ3n) is 5.77. The number of alkyl halides is 3. The van der Waals surface area contributed by atoms with Crippen LogP contribution in [-0.4, -0.2) is 44.2 Å². The molecule has 2 heterocycles. The van der Waals surface area contributed by atoms with Gasteiger partial charge in [0.2, 0.25) is 5.91 Å². The molecule has 186 valence electrons. The van der Waals surface area contributed by atoms with Crippen molar-refractivity contribution in [2.24, 2.45) is 5.73 Å². The number of aryl methyl sites for hydroxylation is 1. The molecule has 0 saturated heterocycles. The molecule has 0 bridgehead atoms. The van der Waals surface area contributed by atoms with Crippen LogP contribution in [-0.2, 0) is 29.1 Å². The first-order valence-electron chi connectivity index (χ1n) is 11.1. The van der Waals surface area contributed by atoms with Crippen molar-refractivity contribution in [1.82, 2.24) is 14.5 Å². The summed E-state index contributed by atoms with van der Waals surface area (Å²) in [6, 6.07) is 18.1. The Hall–Kier alpha value is -3.66. The lowest BCUT2D eigenvalue weighted by Gasteiger charge is -2.28. The van der Waals surface area contributed by atoms with Gasteiger partial charge in [0.1, 0.15) is 0 Å². The molecule has 2 aromatic carbocycles. The van der Waals surface area contributed by atoms with Crippen molar-refractivity contribution in [2.45, 2.75) is 45.1 Å². The highest BCUT2D eigenvalue weighted by Crippen LogP contribution is 2.24. The molecule has 1 atom stereocenters. The third-order valence-corrected chi connectivity index (χ3v) is 5.77. The number of amides is 1. The van der Waals surface area contributed by atoms with E-state index in [1.165, 1.54) is 11.3 Å². The minimum Gasteiger partial charge on any atom is -0.475 e. The van der Waals surface area contributed by atoms with Gasteiger partial charge in [-0.25, -0.2) is 9.78 Å². The quantitative estimate of drug-likeness (QED) is 0.561. The fourth-order valence-electron chi connectivity index (χ4n) is 3.84. The lowest BCUT2D eigenvalue weighted by molar-refractivity contribution is -0.192. The van der Waals surface area contributed by atoms with Crippen LogP contribution in [0.5, 0.6) is 0 Å². The standard InChI is InChI=1S/C23H26N4O.C2HF3O2/c1-2-26-16-25-21-15-27(13-12-22(21)26)23(28)14-20(24)19-10-8-18(9-11-19)17-6-4-3-5-7-17;3-2(4,5)1(6)7/h3-11,16,20H,2,12-15,24H2,1H3;(H,6,7)/t20-;/m1./s1. The molecule has 1 aliphatic rings. The van der Waals surface area contributed by atoms with Gasteiger partial charge in [0.15, 0.2) is 0 Å². The number of halogens is 3. The first kappa shape index (κ1) is 26.0. The summed E-state index contributed by atoms with van der Waals surface area (Å²) in [7, 11) is 0. The molecule has 4 rings (SSSR count). The number of benzene rings is 2. The molecule has 7 nitrogen and oxygen atoms in total. The van der Waals surface area contributed by atoms with E-state index in [9.17, 15) is 18.0 Å². The molecule has 3 N–H and O–H groups in total. The largest absolute Gasteiger partial charge is 0.490 e. The van der Waals surface area contributed by atoms with E-state index in [1.807, 2.05) is 41.6 Å². The Morgan fingerprint density at radius 1 is 1.09 bits per heavy atom. The monoisotopic (exact) mass is 488 g/mol. The molecule has 3 aromatic rings. The topological polar surface area (TPSA) is 101 Å². The van der Waals surface area contributed by atoms with Gasteiger partial charge in [-0.05, 0) is 23.6 Å². The van der Waals surface area contributed by atoms with Crippen LogP contribution in [0, 0.1) is 0 Å². The molecule has 0 radical (unpaired) electrons. The Kier molecular flexibility index (Phi) is 8.29. The maximum Gasteiger partial charge on any atom is 0.490 e. The van der Waals surface area contributed by atoms with E-state index in [0.29, 0.717) is 13.0 Å². The molecule has 10 heteroatoms. The van der Waals surface area contributed by atoms with Crippen LogP contribution >= 0.6 is 0 Å². The second-order valence-corrected chi connectivity index (χ2v) is 8.09.